The third-order valence-corrected chi connectivity index (χ3v) is 8.11. The lowest BCUT2D eigenvalue weighted by atomic mass is 9.84. The van der Waals surface area contributed by atoms with Crippen LogP contribution < -0.4 is 10.6 Å². The number of allylic oxidation sites excluding steroid dienone is 2. The monoisotopic (exact) mass is 612 g/mol. The highest BCUT2D eigenvalue weighted by Gasteiger charge is 2.47. The standard InChI is InChI=1S/C31H49ClN2O8/c1-7-14-33-29(37)16-24-17-31(39,18-32)30(38)27(42-24)12-9-19(2)8-11-26-20(3)15-25(22(5)41-26)34-28(36)13-10-21(4)40-23(6)35/h8-10,12-13,20-22,24-27,30,38-39H,7,11,14-18H2,1-6H3,(H,33,37)(H,34,36)/b12-9+,13-10-,19-8+/t20-,21-,22+,24+,25+,26-,27+,30+,31+/m0/s1. The van der Waals surface area contributed by atoms with Gasteiger partial charge in [0, 0.05) is 26.0 Å². The van der Waals surface area contributed by atoms with Gasteiger partial charge in [0.25, 0.3) is 0 Å². The normalized spacial score (nSPS) is 33.0. The Bertz CT molecular complexity index is 1000. The van der Waals surface area contributed by atoms with Crippen molar-refractivity contribution in [2.45, 2.75) is 122 Å². The van der Waals surface area contributed by atoms with E-state index in [0.717, 1.165) is 18.4 Å². The van der Waals surface area contributed by atoms with Crippen LogP contribution in [0, 0.1) is 5.92 Å². The Kier molecular flexibility index (Phi) is 14.7. The van der Waals surface area contributed by atoms with Crippen molar-refractivity contribution in [3.05, 3.63) is 36.0 Å². The molecule has 0 spiro atoms. The second kappa shape index (κ2) is 17.2. The molecule has 2 amide bonds. The molecule has 2 fully saturated rings. The molecular formula is C31H49ClN2O8. The highest BCUT2D eigenvalue weighted by molar-refractivity contribution is 6.18. The lowest BCUT2D eigenvalue weighted by Gasteiger charge is -2.43. The van der Waals surface area contributed by atoms with Crippen LogP contribution in [0.4, 0.5) is 0 Å². The average Bonchev–Trinajstić information content (AvgIpc) is 2.92. The maximum atomic E-state index is 12.4. The SMILES string of the molecule is CCCNC(=O)C[C@@H]1C[C@@](O)(CCl)[C@H](O)[C@@H](/C=C/C(C)=C/C[C@@H]2O[C@H](C)[C@H](NC(=O)/C=C\[C@H](C)OC(C)=O)C[C@@H]2C)O1. The van der Waals surface area contributed by atoms with Crippen molar-refractivity contribution in [2.75, 3.05) is 12.4 Å². The van der Waals surface area contributed by atoms with Crippen LogP contribution in [0.1, 0.15) is 73.6 Å². The van der Waals surface area contributed by atoms with E-state index in [2.05, 4.69) is 17.6 Å². The molecule has 238 valence electrons. The number of carbonyl (C=O) groups is 3. The molecule has 4 N–H and O–H groups in total. The Balaban J connectivity index is 1.94. The third-order valence-electron chi connectivity index (χ3n) is 7.64. The zero-order chi connectivity index (χ0) is 31.4. The Labute approximate surface area is 254 Å². The molecule has 9 atom stereocenters. The largest absolute Gasteiger partial charge is 0.459 e. The first kappa shape index (κ1) is 36.0. The molecule has 0 aromatic rings. The number of carbonyl (C=O) groups excluding carboxylic acids is 3. The zero-order valence-corrected chi connectivity index (χ0v) is 26.4. The third kappa shape index (κ3) is 11.4. The van der Waals surface area contributed by atoms with Crippen LogP contribution in [0.3, 0.4) is 0 Å². The van der Waals surface area contributed by atoms with Gasteiger partial charge in [0.1, 0.15) is 23.9 Å². The number of aliphatic hydroxyl groups excluding tert-OH is 1. The number of ether oxygens (including phenoxy) is 3. The summed E-state index contributed by atoms with van der Waals surface area (Å²) in [6.07, 6.45) is 7.48. The number of halogens is 1. The van der Waals surface area contributed by atoms with Crippen LogP contribution in [0.5, 0.6) is 0 Å². The number of nitrogens with one attached hydrogen (secondary N) is 2. The van der Waals surface area contributed by atoms with E-state index in [9.17, 15) is 24.6 Å². The van der Waals surface area contributed by atoms with Crippen molar-refractivity contribution < 1.29 is 38.8 Å². The Morgan fingerprint density at radius 3 is 2.55 bits per heavy atom. The second-order valence-electron chi connectivity index (χ2n) is 11.6. The molecule has 0 radical (unpaired) electrons. The van der Waals surface area contributed by atoms with Gasteiger partial charge in [0.2, 0.25) is 11.8 Å². The molecule has 2 saturated heterocycles. The van der Waals surface area contributed by atoms with E-state index in [1.54, 1.807) is 13.0 Å². The smallest absolute Gasteiger partial charge is 0.303 e. The van der Waals surface area contributed by atoms with Gasteiger partial charge in [-0.3, -0.25) is 14.4 Å². The summed E-state index contributed by atoms with van der Waals surface area (Å²) in [5, 5.41) is 27.5. The minimum Gasteiger partial charge on any atom is -0.459 e. The quantitative estimate of drug-likeness (QED) is 0.108. The highest BCUT2D eigenvalue weighted by Crippen LogP contribution is 2.33. The van der Waals surface area contributed by atoms with E-state index in [1.165, 1.54) is 19.1 Å². The van der Waals surface area contributed by atoms with Crippen molar-refractivity contribution in [3.63, 3.8) is 0 Å². The minimum absolute atomic E-state index is 0.0418. The Morgan fingerprint density at radius 1 is 1.19 bits per heavy atom. The van der Waals surface area contributed by atoms with Crippen LogP contribution in [-0.4, -0.2) is 88.7 Å². The molecule has 0 aliphatic carbocycles. The van der Waals surface area contributed by atoms with E-state index in [4.69, 9.17) is 25.8 Å². The molecule has 0 saturated carbocycles. The predicted molar refractivity (Wildman–Crippen MR) is 161 cm³/mol. The predicted octanol–water partition coefficient (Wildman–Crippen LogP) is 3.09. The molecule has 2 aliphatic heterocycles. The number of aliphatic hydroxyl groups is 2. The van der Waals surface area contributed by atoms with Crippen LogP contribution >= 0.6 is 11.6 Å². The van der Waals surface area contributed by atoms with Crippen molar-refractivity contribution in [3.8, 4) is 0 Å². The molecule has 2 heterocycles. The zero-order valence-electron chi connectivity index (χ0n) is 25.7. The molecule has 2 aliphatic rings. The number of hydrogen-bond donors (Lipinski definition) is 4. The first-order valence-corrected chi connectivity index (χ1v) is 15.4. The van der Waals surface area contributed by atoms with Crippen LogP contribution in [0.2, 0.25) is 0 Å². The van der Waals surface area contributed by atoms with Gasteiger partial charge in [-0.05, 0) is 52.0 Å². The summed E-state index contributed by atoms with van der Waals surface area (Å²) in [7, 11) is 0. The number of hydrogen-bond acceptors (Lipinski definition) is 8. The fraction of sp³-hybridized carbons (Fsp3) is 0.710. The summed E-state index contributed by atoms with van der Waals surface area (Å²) in [6.45, 7) is 11.5. The molecule has 11 heteroatoms. The van der Waals surface area contributed by atoms with Crippen LogP contribution in [-0.2, 0) is 28.6 Å². The number of amides is 2. The molecule has 10 nitrogen and oxygen atoms in total. The first-order valence-electron chi connectivity index (χ1n) is 14.8. The summed E-state index contributed by atoms with van der Waals surface area (Å²) < 4.78 is 17.2. The molecule has 2 rings (SSSR count). The van der Waals surface area contributed by atoms with Crippen molar-refractivity contribution in [2.24, 2.45) is 5.92 Å². The average molecular weight is 613 g/mol. The summed E-state index contributed by atoms with van der Waals surface area (Å²) in [5.41, 5.74) is -0.639. The van der Waals surface area contributed by atoms with Gasteiger partial charge in [-0.1, -0.05) is 37.6 Å². The molecule has 42 heavy (non-hydrogen) atoms. The molecule has 0 unspecified atom stereocenters. The molecule has 0 aromatic carbocycles. The van der Waals surface area contributed by atoms with Gasteiger partial charge in [-0.25, -0.2) is 0 Å². The summed E-state index contributed by atoms with van der Waals surface area (Å²) in [4.78, 5) is 35.6. The van der Waals surface area contributed by atoms with Crippen LogP contribution in [0.25, 0.3) is 0 Å². The molecule has 0 aromatic heterocycles. The fourth-order valence-electron chi connectivity index (χ4n) is 5.20. The van der Waals surface area contributed by atoms with Gasteiger partial charge in [-0.2, -0.15) is 0 Å². The van der Waals surface area contributed by atoms with Crippen molar-refractivity contribution >= 4 is 29.4 Å². The Hall–Kier alpha value is -2.24. The number of alkyl halides is 1. The van der Waals surface area contributed by atoms with Crippen LogP contribution in [0.15, 0.2) is 36.0 Å². The fourth-order valence-corrected chi connectivity index (χ4v) is 5.46. The minimum atomic E-state index is -1.56. The maximum Gasteiger partial charge on any atom is 0.303 e. The lowest BCUT2D eigenvalue weighted by molar-refractivity contribution is -0.195. The topological polar surface area (TPSA) is 143 Å². The number of rotatable bonds is 13. The van der Waals surface area contributed by atoms with E-state index in [0.29, 0.717) is 13.0 Å². The van der Waals surface area contributed by atoms with Crippen molar-refractivity contribution in [1.82, 2.24) is 10.6 Å². The maximum absolute atomic E-state index is 12.4. The van der Waals surface area contributed by atoms with E-state index >= 15 is 0 Å². The summed E-state index contributed by atoms with van der Waals surface area (Å²) in [5.74, 6) is -0.832. The van der Waals surface area contributed by atoms with Crippen molar-refractivity contribution in [1.29, 1.82) is 0 Å². The van der Waals surface area contributed by atoms with E-state index < -0.39 is 36.0 Å². The van der Waals surface area contributed by atoms with Gasteiger partial charge in [0.15, 0.2) is 0 Å². The number of esters is 1. The summed E-state index contributed by atoms with van der Waals surface area (Å²) >= 11 is 6.02. The van der Waals surface area contributed by atoms with E-state index in [1.807, 2.05) is 32.9 Å². The summed E-state index contributed by atoms with van der Waals surface area (Å²) in [6, 6.07) is -0.148. The first-order chi connectivity index (χ1) is 19.8. The van der Waals surface area contributed by atoms with Gasteiger partial charge < -0.3 is 35.1 Å². The van der Waals surface area contributed by atoms with Gasteiger partial charge in [0.05, 0.1) is 36.7 Å². The lowest BCUT2D eigenvalue weighted by Crippen LogP contribution is -2.58. The van der Waals surface area contributed by atoms with Gasteiger partial charge in [-0.15, -0.1) is 11.6 Å². The Morgan fingerprint density at radius 2 is 1.90 bits per heavy atom. The molecule has 0 bridgehead atoms. The molecular weight excluding hydrogens is 564 g/mol. The highest BCUT2D eigenvalue weighted by atomic mass is 35.5. The van der Waals surface area contributed by atoms with E-state index in [-0.39, 0.29) is 54.7 Å². The van der Waals surface area contributed by atoms with Gasteiger partial charge >= 0.3 is 5.97 Å². The second-order valence-corrected chi connectivity index (χ2v) is 11.9.